The van der Waals surface area contributed by atoms with Gasteiger partial charge in [0.15, 0.2) is 0 Å². The van der Waals surface area contributed by atoms with E-state index in [0.717, 1.165) is 26.6 Å². The Morgan fingerprint density at radius 2 is 1.56 bits per heavy atom. The number of sulfonamides is 1. The minimum absolute atomic E-state index is 0.0491. The van der Waals surface area contributed by atoms with Crippen LogP contribution in [0.15, 0.2) is 71.6 Å². The van der Waals surface area contributed by atoms with Crippen molar-refractivity contribution in [1.82, 2.24) is 10.2 Å². The molecule has 9 heteroatoms. The fourth-order valence-corrected chi connectivity index (χ4v) is 5.86. The fraction of sp³-hybridized carbons (Fsp3) is 0.333. The number of benzene rings is 3. The van der Waals surface area contributed by atoms with Gasteiger partial charge in [-0.3, -0.25) is 13.9 Å². The standard InChI is InChI=1S/C30H37N3O5S/c1-7-26(30(35)31-5)32(19-24-10-8-9-22(3)17-24)29(34)20-33(27-18-23(4)13-16-28(27)38-6)39(36,37)25-14-11-21(2)12-15-25/h8-18,26H,7,19-20H2,1-6H3,(H,31,35). The van der Waals surface area contributed by atoms with E-state index in [4.69, 9.17) is 4.74 Å². The molecule has 208 valence electrons. The van der Waals surface area contributed by atoms with Gasteiger partial charge in [-0.25, -0.2) is 8.42 Å². The summed E-state index contributed by atoms with van der Waals surface area (Å²) in [5.41, 5.74) is 3.81. The molecule has 0 aliphatic carbocycles. The third-order valence-electron chi connectivity index (χ3n) is 6.56. The molecule has 1 unspecified atom stereocenters. The van der Waals surface area contributed by atoms with Gasteiger partial charge in [0.2, 0.25) is 11.8 Å². The monoisotopic (exact) mass is 551 g/mol. The molecule has 3 aromatic carbocycles. The number of nitrogens with zero attached hydrogens (tertiary/aromatic N) is 2. The summed E-state index contributed by atoms with van der Waals surface area (Å²) < 4.78 is 34.7. The predicted octanol–water partition coefficient (Wildman–Crippen LogP) is 4.37. The maximum Gasteiger partial charge on any atom is 0.264 e. The zero-order valence-corrected chi connectivity index (χ0v) is 24.2. The Labute approximate surface area is 231 Å². The molecular formula is C30H37N3O5S. The first kappa shape index (κ1) is 29.7. The maximum absolute atomic E-state index is 14.1. The van der Waals surface area contributed by atoms with Crippen LogP contribution in [-0.2, 0) is 26.2 Å². The van der Waals surface area contributed by atoms with E-state index in [0.29, 0.717) is 12.2 Å². The molecule has 0 saturated heterocycles. The number of ether oxygens (including phenoxy) is 1. The third-order valence-corrected chi connectivity index (χ3v) is 8.33. The van der Waals surface area contributed by atoms with Gasteiger partial charge in [0.05, 0.1) is 17.7 Å². The maximum atomic E-state index is 14.1. The van der Waals surface area contributed by atoms with Gasteiger partial charge >= 0.3 is 0 Å². The quantitative estimate of drug-likeness (QED) is 0.382. The highest BCUT2D eigenvalue weighted by atomic mass is 32.2. The summed E-state index contributed by atoms with van der Waals surface area (Å²) in [6.45, 7) is 7.11. The minimum atomic E-state index is -4.18. The van der Waals surface area contributed by atoms with Crippen molar-refractivity contribution in [3.8, 4) is 5.75 Å². The lowest BCUT2D eigenvalue weighted by atomic mass is 10.1. The van der Waals surface area contributed by atoms with E-state index in [1.807, 2.05) is 58.0 Å². The molecule has 0 aliphatic heterocycles. The zero-order chi connectivity index (χ0) is 28.7. The van der Waals surface area contributed by atoms with Crippen LogP contribution >= 0.6 is 0 Å². The smallest absolute Gasteiger partial charge is 0.264 e. The van der Waals surface area contributed by atoms with Gasteiger partial charge in [-0.15, -0.1) is 0 Å². The van der Waals surface area contributed by atoms with Gasteiger partial charge in [0.1, 0.15) is 18.3 Å². The number of amides is 2. The lowest BCUT2D eigenvalue weighted by Crippen LogP contribution is -2.51. The summed E-state index contributed by atoms with van der Waals surface area (Å²) in [4.78, 5) is 28.4. The van der Waals surface area contributed by atoms with E-state index in [9.17, 15) is 18.0 Å². The van der Waals surface area contributed by atoms with Crippen LogP contribution in [0.25, 0.3) is 0 Å². The Kier molecular flexibility index (Phi) is 9.75. The van der Waals surface area contributed by atoms with E-state index in [1.165, 1.54) is 31.2 Å². The van der Waals surface area contributed by atoms with Crippen molar-refractivity contribution in [2.45, 2.75) is 51.6 Å². The fourth-order valence-electron chi connectivity index (χ4n) is 4.44. The Bertz CT molecular complexity index is 1420. The number of carbonyl (C=O) groups excluding carboxylic acids is 2. The van der Waals surface area contributed by atoms with Crippen LogP contribution in [0, 0.1) is 20.8 Å². The first-order chi connectivity index (χ1) is 18.5. The van der Waals surface area contributed by atoms with Crippen LogP contribution < -0.4 is 14.4 Å². The van der Waals surface area contributed by atoms with Crippen molar-refractivity contribution in [2.75, 3.05) is 25.0 Å². The molecule has 39 heavy (non-hydrogen) atoms. The molecule has 0 heterocycles. The molecule has 0 spiro atoms. The van der Waals surface area contributed by atoms with Crippen molar-refractivity contribution >= 4 is 27.5 Å². The molecule has 1 N–H and O–H groups in total. The largest absolute Gasteiger partial charge is 0.495 e. The van der Waals surface area contributed by atoms with Crippen molar-refractivity contribution in [1.29, 1.82) is 0 Å². The van der Waals surface area contributed by atoms with E-state index in [2.05, 4.69) is 5.32 Å². The summed E-state index contributed by atoms with van der Waals surface area (Å²) in [7, 11) is -1.21. The van der Waals surface area contributed by atoms with Crippen molar-refractivity contribution in [3.63, 3.8) is 0 Å². The highest BCUT2D eigenvalue weighted by Crippen LogP contribution is 2.34. The number of rotatable bonds is 11. The molecule has 2 amide bonds. The number of methoxy groups -OCH3 is 1. The van der Waals surface area contributed by atoms with Crippen LogP contribution in [-0.4, -0.2) is 51.9 Å². The lowest BCUT2D eigenvalue weighted by molar-refractivity contribution is -0.140. The molecule has 1 atom stereocenters. The van der Waals surface area contributed by atoms with Gasteiger partial charge in [-0.2, -0.15) is 0 Å². The van der Waals surface area contributed by atoms with Crippen molar-refractivity contribution in [3.05, 3.63) is 89.0 Å². The molecular weight excluding hydrogens is 514 g/mol. The lowest BCUT2D eigenvalue weighted by Gasteiger charge is -2.33. The highest BCUT2D eigenvalue weighted by molar-refractivity contribution is 7.92. The van der Waals surface area contributed by atoms with Gasteiger partial charge in [0, 0.05) is 13.6 Å². The number of nitrogens with one attached hydrogen (secondary N) is 1. The molecule has 0 radical (unpaired) electrons. The van der Waals surface area contributed by atoms with E-state index in [-0.39, 0.29) is 23.0 Å². The van der Waals surface area contributed by atoms with Crippen LogP contribution in [0.5, 0.6) is 5.75 Å². The summed E-state index contributed by atoms with van der Waals surface area (Å²) in [6.07, 6.45) is 0.357. The topological polar surface area (TPSA) is 96.0 Å². The van der Waals surface area contributed by atoms with Gasteiger partial charge < -0.3 is 15.0 Å². The Balaban J connectivity index is 2.13. The first-order valence-corrected chi connectivity index (χ1v) is 14.3. The molecule has 8 nitrogen and oxygen atoms in total. The number of anilines is 1. The number of carbonyl (C=O) groups is 2. The van der Waals surface area contributed by atoms with E-state index >= 15 is 0 Å². The van der Waals surface area contributed by atoms with E-state index < -0.39 is 28.5 Å². The molecule has 0 bridgehead atoms. The number of likely N-dealkylation sites (N-methyl/N-ethyl adjacent to an activating group) is 1. The molecule has 3 rings (SSSR count). The third kappa shape index (κ3) is 6.97. The summed E-state index contributed by atoms with van der Waals surface area (Å²) in [6, 6.07) is 18.5. The second-order valence-corrected chi connectivity index (χ2v) is 11.4. The van der Waals surface area contributed by atoms with Gasteiger partial charge in [-0.1, -0.05) is 60.5 Å². The van der Waals surface area contributed by atoms with Crippen molar-refractivity contribution in [2.24, 2.45) is 0 Å². The molecule has 0 aromatic heterocycles. The Morgan fingerprint density at radius 1 is 0.923 bits per heavy atom. The predicted molar refractivity (Wildman–Crippen MR) is 153 cm³/mol. The summed E-state index contributed by atoms with van der Waals surface area (Å²) in [5.74, 6) is -0.515. The second-order valence-electron chi connectivity index (χ2n) is 9.55. The second kappa shape index (κ2) is 12.8. The van der Waals surface area contributed by atoms with E-state index in [1.54, 1.807) is 24.3 Å². The van der Waals surface area contributed by atoms with Gasteiger partial charge in [-0.05, 0) is 62.6 Å². The minimum Gasteiger partial charge on any atom is -0.495 e. The normalized spacial score (nSPS) is 11.9. The summed E-state index contributed by atoms with van der Waals surface area (Å²) >= 11 is 0. The van der Waals surface area contributed by atoms with Crippen molar-refractivity contribution < 1.29 is 22.7 Å². The van der Waals surface area contributed by atoms with Crippen LogP contribution in [0.3, 0.4) is 0 Å². The SMILES string of the molecule is CCC(C(=O)NC)N(Cc1cccc(C)c1)C(=O)CN(c1cc(C)ccc1OC)S(=O)(=O)c1ccc(C)cc1. The average molecular weight is 552 g/mol. The number of hydrogen-bond donors (Lipinski definition) is 1. The van der Waals surface area contributed by atoms with Crippen LogP contribution in [0.2, 0.25) is 0 Å². The summed E-state index contributed by atoms with van der Waals surface area (Å²) in [5, 5.41) is 2.64. The zero-order valence-electron chi connectivity index (χ0n) is 23.4. The number of hydrogen-bond acceptors (Lipinski definition) is 5. The highest BCUT2D eigenvalue weighted by Gasteiger charge is 2.34. The molecule has 0 saturated carbocycles. The molecule has 3 aromatic rings. The average Bonchev–Trinajstić information content (AvgIpc) is 2.91. The first-order valence-electron chi connectivity index (χ1n) is 12.8. The van der Waals surface area contributed by atoms with Crippen LogP contribution in [0.1, 0.15) is 35.6 Å². The molecule has 0 aliphatic rings. The van der Waals surface area contributed by atoms with Gasteiger partial charge in [0.25, 0.3) is 10.0 Å². The number of aryl methyl sites for hydroxylation is 3. The van der Waals surface area contributed by atoms with Crippen LogP contribution in [0.4, 0.5) is 5.69 Å². The Morgan fingerprint density at radius 3 is 2.15 bits per heavy atom. The molecule has 0 fully saturated rings. The Hall–Kier alpha value is -3.85.